The summed E-state index contributed by atoms with van der Waals surface area (Å²) in [4.78, 5) is 12.4. The summed E-state index contributed by atoms with van der Waals surface area (Å²) in [5.41, 5.74) is 0. The zero-order chi connectivity index (χ0) is 20.2. The normalized spacial score (nSPS) is 24.1. The lowest BCUT2D eigenvalue weighted by Crippen LogP contribution is -2.14. The molecule has 2 atom stereocenters. The number of thiol groups is 2. The van der Waals surface area contributed by atoms with Crippen LogP contribution in [0, 0.1) is 0 Å². The Hall–Kier alpha value is -1.07. The highest BCUT2D eigenvalue weighted by molar-refractivity contribution is 8.39. The van der Waals surface area contributed by atoms with Gasteiger partial charge in [-0.1, -0.05) is 52.4 Å². The fourth-order valence-electron chi connectivity index (χ4n) is 3.27. The Bertz CT molecular complexity index is 561. The third kappa shape index (κ3) is 7.75. The van der Waals surface area contributed by atoms with E-state index in [0.29, 0.717) is 0 Å². The van der Waals surface area contributed by atoms with Crippen LogP contribution in [-0.4, -0.2) is 23.6 Å². The van der Waals surface area contributed by atoms with Gasteiger partial charge in [0.2, 0.25) is 0 Å². The second-order valence-electron chi connectivity index (χ2n) is 7.39. The lowest BCUT2D eigenvalue weighted by atomic mass is 10.2. The molecule has 2 heterocycles. The molecule has 2 aliphatic rings. The Morgan fingerprint density at radius 1 is 0.821 bits per heavy atom. The van der Waals surface area contributed by atoms with E-state index in [0.717, 1.165) is 37.6 Å². The Balaban J connectivity index is 1.84. The molecule has 2 unspecified atom stereocenters. The van der Waals surface area contributed by atoms with E-state index in [1.165, 1.54) is 38.5 Å². The molecule has 0 radical (unpaired) electrons. The quantitative estimate of drug-likeness (QED) is 0.222. The summed E-state index contributed by atoms with van der Waals surface area (Å²) in [7, 11) is -1.21. The van der Waals surface area contributed by atoms with Crippen molar-refractivity contribution in [2.45, 2.75) is 76.7 Å². The van der Waals surface area contributed by atoms with Crippen LogP contribution in [-0.2, 0) is 14.3 Å². The van der Waals surface area contributed by atoms with Crippen molar-refractivity contribution in [3.8, 4) is 0 Å². The third-order valence-corrected chi connectivity index (χ3v) is 10.4. The first-order valence-corrected chi connectivity index (χ1v) is 13.9. The number of Topliss-reactive ketones (excluding diaryl/α,β-unsaturated/α-hetero) is 1. The maximum atomic E-state index is 12.4. The van der Waals surface area contributed by atoms with Gasteiger partial charge in [0.25, 0.3) is 0 Å². The third-order valence-electron chi connectivity index (χ3n) is 4.84. The predicted molar refractivity (Wildman–Crippen MR) is 127 cm³/mol. The van der Waals surface area contributed by atoms with Crippen molar-refractivity contribution >= 4 is 27.6 Å². The molecule has 28 heavy (non-hydrogen) atoms. The molecule has 2 rings (SSSR count). The Morgan fingerprint density at radius 2 is 1.29 bits per heavy atom. The maximum Gasteiger partial charge on any atom is 0.150 e. The first-order valence-electron chi connectivity index (χ1n) is 10.8. The number of rotatable bonds is 15. The van der Waals surface area contributed by atoms with Crippen LogP contribution in [0.25, 0.3) is 0 Å². The van der Waals surface area contributed by atoms with Crippen molar-refractivity contribution in [1.82, 2.24) is 0 Å². The molecule has 0 aromatic rings. The van der Waals surface area contributed by atoms with Crippen molar-refractivity contribution in [3.05, 3.63) is 45.3 Å². The average molecular weight is 427 g/mol. The van der Waals surface area contributed by atoms with Crippen LogP contribution >= 0.6 is 21.8 Å². The highest BCUT2D eigenvalue weighted by Crippen LogP contribution is 2.55. The number of ether oxygens (including phenoxy) is 2. The first-order chi connectivity index (χ1) is 13.7. The zero-order valence-electron chi connectivity index (χ0n) is 17.7. The molecule has 3 nitrogen and oxygen atoms in total. The minimum absolute atomic E-state index is 0.0416. The highest BCUT2D eigenvalue weighted by Gasteiger charge is 2.28. The molecule has 0 bridgehead atoms. The molecular weight excluding hydrogens is 388 g/mol. The van der Waals surface area contributed by atoms with Crippen LogP contribution in [0.4, 0.5) is 0 Å². The number of hydrogen-bond donors (Lipinski definition) is 2. The van der Waals surface area contributed by atoms with Crippen molar-refractivity contribution in [1.29, 1.82) is 0 Å². The molecular formula is C23H38O3S2. The van der Waals surface area contributed by atoms with E-state index >= 15 is 0 Å². The summed E-state index contributed by atoms with van der Waals surface area (Å²) < 4.78 is 11.9. The van der Waals surface area contributed by atoms with E-state index in [1.54, 1.807) is 6.92 Å². The van der Waals surface area contributed by atoms with Crippen molar-refractivity contribution < 1.29 is 14.3 Å². The molecule has 0 aromatic carbocycles. The highest BCUT2D eigenvalue weighted by atomic mass is 32.3. The van der Waals surface area contributed by atoms with Crippen LogP contribution in [0.15, 0.2) is 45.3 Å². The van der Waals surface area contributed by atoms with E-state index in [4.69, 9.17) is 9.47 Å². The number of carbonyl (C=O) groups excluding carboxylic acids is 1. The van der Waals surface area contributed by atoms with Gasteiger partial charge in [0.15, 0.2) is 5.78 Å². The molecule has 0 amide bonds. The van der Waals surface area contributed by atoms with E-state index in [-0.39, 0.29) is 10.4 Å². The number of ketones is 1. The van der Waals surface area contributed by atoms with Gasteiger partial charge in [-0.05, 0) is 53.5 Å². The smallest absolute Gasteiger partial charge is 0.150 e. The van der Waals surface area contributed by atoms with Crippen LogP contribution < -0.4 is 0 Å². The van der Waals surface area contributed by atoms with Gasteiger partial charge >= 0.3 is 0 Å². The number of allylic oxidation sites excluding steroid dienone is 2. The maximum absolute atomic E-state index is 12.4. The molecule has 0 saturated heterocycles. The first kappa shape index (κ1) is 23.2. The van der Waals surface area contributed by atoms with Gasteiger partial charge in [0.1, 0.15) is 11.5 Å². The van der Waals surface area contributed by atoms with Crippen molar-refractivity contribution in [2.75, 3.05) is 13.2 Å². The van der Waals surface area contributed by atoms with Crippen molar-refractivity contribution in [3.63, 3.8) is 0 Å². The van der Waals surface area contributed by atoms with Crippen LogP contribution in [0.2, 0.25) is 0 Å². The summed E-state index contributed by atoms with van der Waals surface area (Å²) in [6, 6.07) is 0. The van der Waals surface area contributed by atoms with E-state index in [1.807, 2.05) is 0 Å². The Morgan fingerprint density at radius 3 is 1.68 bits per heavy atom. The standard InChI is InChI=1S/C23H38O3S2/c1-4-6-8-10-14-25-21-12-16-27(18-21)23(20(3)24)28-17-13-22(19-28)26-15-11-9-7-5-2/h12-13,16-19,23,27-28H,4-11,14-15H2,1-3H3. The molecule has 0 saturated carbocycles. The SMILES string of the molecule is CCCCCCOC1=C[SH](C(C(C)=O)[SH]2C=CC(OCCCCCC)=C2)C=C1. The van der Waals surface area contributed by atoms with Gasteiger partial charge in [-0.3, -0.25) is 4.79 Å². The second-order valence-corrected chi connectivity index (χ2v) is 11.7. The summed E-state index contributed by atoms with van der Waals surface area (Å²) in [5.74, 6) is 2.17. The minimum Gasteiger partial charge on any atom is -0.493 e. The molecule has 0 aromatic heterocycles. The average Bonchev–Trinajstić information content (AvgIpc) is 3.32. The monoisotopic (exact) mass is 426 g/mol. The molecule has 2 aliphatic heterocycles. The van der Waals surface area contributed by atoms with Gasteiger partial charge in [0, 0.05) is 0 Å². The summed E-state index contributed by atoms with van der Waals surface area (Å²) in [5, 5.41) is 8.76. The minimum atomic E-state index is -0.606. The lowest BCUT2D eigenvalue weighted by Gasteiger charge is -2.27. The number of unbranched alkanes of at least 4 members (excludes halogenated alkanes) is 6. The van der Waals surface area contributed by atoms with Gasteiger partial charge in [-0.25, -0.2) is 0 Å². The fraction of sp³-hybridized carbons (Fsp3) is 0.609. The van der Waals surface area contributed by atoms with Gasteiger partial charge in [-0.15, -0.1) is 0 Å². The molecule has 5 heteroatoms. The number of hydrogen-bond acceptors (Lipinski definition) is 3. The topological polar surface area (TPSA) is 35.5 Å². The van der Waals surface area contributed by atoms with Crippen LogP contribution in [0.5, 0.6) is 0 Å². The molecule has 0 fully saturated rings. The molecule has 0 spiro atoms. The molecule has 160 valence electrons. The Labute approximate surface area is 177 Å². The summed E-state index contributed by atoms with van der Waals surface area (Å²) in [6.45, 7) is 7.71. The molecule has 0 N–H and O–H groups in total. The zero-order valence-corrected chi connectivity index (χ0v) is 19.5. The fourth-order valence-corrected chi connectivity index (χ4v) is 8.53. The van der Waals surface area contributed by atoms with Gasteiger partial charge in [-0.2, -0.15) is 21.8 Å². The molecule has 0 aliphatic carbocycles. The van der Waals surface area contributed by atoms with Crippen LogP contribution in [0.3, 0.4) is 0 Å². The Kier molecular flexibility index (Phi) is 10.9. The second kappa shape index (κ2) is 13.2. The predicted octanol–water partition coefficient (Wildman–Crippen LogP) is 6.84. The largest absolute Gasteiger partial charge is 0.493 e. The van der Waals surface area contributed by atoms with Gasteiger partial charge < -0.3 is 9.47 Å². The summed E-state index contributed by atoms with van der Waals surface area (Å²) in [6.07, 6.45) is 13.8. The van der Waals surface area contributed by atoms with Crippen LogP contribution in [0.1, 0.15) is 72.1 Å². The van der Waals surface area contributed by atoms with E-state index in [9.17, 15) is 4.79 Å². The van der Waals surface area contributed by atoms with E-state index < -0.39 is 21.8 Å². The van der Waals surface area contributed by atoms with Gasteiger partial charge in [0.05, 0.1) is 17.8 Å². The van der Waals surface area contributed by atoms with Crippen molar-refractivity contribution in [2.24, 2.45) is 0 Å². The van der Waals surface area contributed by atoms with E-state index in [2.05, 4.69) is 47.6 Å². The number of carbonyl (C=O) groups is 1. The lowest BCUT2D eigenvalue weighted by molar-refractivity contribution is -0.115. The summed E-state index contributed by atoms with van der Waals surface area (Å²) >= 11 is 0.